The van der Waals surface area contributed by atoms with Gasteiger partial charge in [-0.3, -0.25) is 0 Å². The second kappa shape index (κ2) is 6.38. The fourth-order valence-corrected chi connectivity index (χ4v) is 1.96. The lowest BCUT2D eigenvalue weighted by Crippen LogP contribution is -2.08. The van der Waals surface area contributed by atoms with E-state index in [9.17, 15) is 0 Å². The molecule has 7 heteroatoms. The second-order valence-corrected chi connectivity index (χ2v) is 4.91. The van der Waals surface area contributed by atoms with E-state index < -0.39 is 0 Å². The summed E-state index contributed by atoms with van der Waals surface area (Å²) in [6.45, 7) is 3.86. The van der Waals surface area contributed by atoms with Gasteiger partial charge in [0.05, 0.1) is 32.2 Å². The summed E-state index contributed by atoms with van der Waals surface area (Å²) in [4.78, 5) is 8.37. The molecule has 0 aliphatic carbocycles. The zero-order valence-corrected chi connectivity index (χ0v) is 13.1. The van der Waals surface area contributed by atoms with Crippen molar-refractivity contribution in [3.05, 3.63) is 18.3 Å². The summed E-state index contributed by atoms with van der Waals surface area (Å²) >= 11 is 0. The number of nitrogens with zero attached hydrogens (tertiary/aromatic N) is 2. The van der Waals surface area contributed by atoms with E-state index in [4.69, 9.17) is 25.7 Å². The Morgan fingerprint density at radius 1 is 1.05 bits per heavy atom. The number of aromatic nitrogens is 2. The summed E-state index contributed by atoms with van der Waals surface area (Å²) < 4.78 is 16.1. The maximum Gasteiger partial charge on any atom is 0.257 e. The highest BCUT2D eigenvalue weighted by Crippen LogP contribution is 2.37. The van der Waals surface area contributed by atoms with Crippen molar-refractivity contribution < 1.29 is 14.2 Å². The molecule has 0 radical (unpaired) electrons. The zero-order chi connectivity index (χ0) is 16.3. The molecule has 1 aromatic heterocycles. The highest BCUT2D eigenvalue weighted by Gasteiger charge is 2.15. The predicted octanol–water partition coefficient (Wildman–Crippen LogP) is 2.11. The van der Waals surface area contributed by atoms with Gasteiger partial charge in [-0.2, -0.15) is 0 Å². The summed E-state index contributed by atoms with van der Waals surface area (Å²) in [6.07, 6.45) is 1.53. The van der Waals surface area contributed by atoms with Crippen molar-refractivity contribution in [1.29, 1.82) is 0 Å². The van der Waals surface area contributed by atoms with Gasteiger partial charge < -0.3 is 25.7 Å². The summed E-state index contributed by atoms with van der Waals surface area (Å²) in [6, 6.07) is 3.46. The van der Waals surface area contributed by atoms with Crippen LogP contribution in [-0.2, 0) is 0 Å². The Kier molecular flexibility index (Phi) is 4.55. The average Bonchev–Trinajstić information content (AvgIpc) is 2.49. The molecular weight excluding hydrogens is 284 g/mol. The lowest BCUT2D eigenvalue weighted by atomic mass is 10.1. The Bertz CT molecular complexity index is 674. The molecule has 1 aromatic carbocycles. The normalized spacial score (nSPS) is 10.6. The number of anilines is 2. The molecule has 4 N–H and O–H groups in total. The van der Waals surface area contributed by atoms with E-state index in [-0.39, 0.29) is 17.8 Å². The van der Waals surface area contributed by atoms with Crippen LogP contribution in [0.2, 0.25) is 0 Å². The van der Waals surface area contributed by atoms with Crippen LogP contribution in [-0.4, -0.2) is 30.3 Å². The van der Waals surface area contributed by atoms with E-state index in [1.54, 1.807) is 19.2 Å². The molecule has 0 aliphatic rings. The third-order valence-corrected chi connectivity index (χ3v) is 2.93. The average molecular weight is 304 g/mol. The molecule has 0 bridgehead atoms. The van der Waals surface area contributed by atoms with Gasteiger partial charge in [-0.25, -0.2) is 9.97 Å². The van der Waals surface area contributed by atoms with Crippen molar-refractivity contribution in [2.24, 2.45) is 0 Å². The first-order chi connectivity index (χ1) is 10.5. The van der Waals surface area contributed by atoms with Crippen molar-refractivity contribution in [3.8, 4) is 28.6 Å². The van der Waals surface area contributed by atoms with Gasteiger partial charge in [0.1, 0.15) is 0 Å². The highest BCUT2D eigenvalue weighted by molar-refractivity contribution is 5.78. The minimum Gasteiger partial charge on any atom is -0.493 e. The van der Waals surface area contributed by atoms with E-state index >= 15 is 0 Å². The molecule has 0 aliphatic heterocycles. The third-order valence-electron chi connectivity index (χ3n) is 2.93. The Hall–Kier alpha value is -2.70. The molecule has 7 nitrogen and oxygen atoms in total. The van der Waals surface area contributed by atoms with E-state index in [0.29, 0.717) is 28.4 Å². The molecule has 118 valence electrons. The van der Waals surface area contributed by atoms with E-state index in [0.717, 1.165) is 0 Å². The highest BCUT2D eigenvalue weighted by atomic mass is 16.5. The van der Waals surface area contributed by atoms with Gasteiger partial charge in [0, 0.05) is 17.3 Å². The molecule has 0 unspecified atom stereocenters. The fraction of sp³-hybridized carbons (Fsp3) is 0.333. The molecule has 0 saturated heterocycles. The molecule has 0 spiro atoms. The Labute approximate surface area is 129 Å². The van der Waals surface area contributed by atoms with Gasteiger partial charge in [-0.1, -0.05) is 0 Å². The van der Waals surface area contributed by atoms with E-state index in [1.807, 2.05) is 13.8 Å². The van der Waals surface area contributed by atoms with Crippen molar-refractivity contribution in [2.75, 3.05) is 25.7 Å². The number of nitrogen functional groups attached to an aromatic ring is 2. The quantitative estimate of drug-likeness (QED) is 0.815. The lowest BCUT2D eigenvalue weighted by molar-refractivity contribution is 0.230. The molecule has 2 aromatic rings. The molecule has 0 saturated carbocycles. The van der Waals surface area contributed by atoms with Crippen LogP contribution in [0.5, 0.6) is 17.4 Å². The lowest BCUT2D eigenvalue weighted by Gasteiger charge is -2.16. The van der Waals surface area contributed by atoms with Crippen molar-refractivity contribution >= 4 is 11.5 Å². The Morgan fingerprint density at radius 2 is 1.77 bits per heavy atom. The number of ether oxygens (including phenoxy) is 3. The first-order valence-electron chi connectivity index (χ1n) is 6.77. The number of rotatable bonds is 5. The topological polar surface area (TPSA) is 106 Å². The number of hydrogen-bond acceptors (Lipinski definition) is 7. The second-order valence-electron chi connectivity index (χ2n) is 4.91. The minimum atomic E-state index is -0.00240. The molecular formula is C15H20N4O3. The van der Waals surface area contributed by atoms with Gasteiger partial charge in [0.15, 0.2) is 17.3 Å². The minimum absolute atomic E-state index is 0.00240. The molecule has 0 atom stereocenters. The van der Waals surface area contributed by atoms with Crippen LogP contribution in [0.1, 0.15) is 13.8 Å². The van der Waals surface area contributed by atoms with Crippen LogP contribution in [0.4, 0.5) is 11.5 Å². The molecule has 1 heterocycles. The number of nitrogens with two attached hydrogens (primary N) is 2. The van der Waals surface area contributed by atoms with Gasteiger partial charge >= 0.3 is 0 Å². The van der Waals surface area contributed by atoms with E-state index in [2.05, 4.69) is 9.97 Å². The van der Waals surface area contributed by atoms with Gasteiger partial charge in [-0.15, -0.1) is 0 Å². The largest absolute Gasteiger partial charge is 0.493 e. The van der Waals surface area contributed by atoms with Crippen LogP contribution >= 0.6 is 0 Å². The summed E-state index contributed by atoms with van der Waals surface area (Å²) in [5.41, 5.74) is 13.5. The van der Waals surface area contributed by atoms with Gasteiger partial charge in [0.2, 0.25) is 0 Å². The fourth-order valence-electron chi connectivity index (χ4n) is 1.96. The van der Waals surface area contributed by atoms with Crippen molar-refractivity contribution in [1.82, 2.24) is 9.97 Å². The van der Waals surface area contributed by atoms with Gasteiger partial charge in [-0.05, 0) is 19.9 Å². The standard InChI is InChI=1S/C15H20N4O3/c1-8(2)22-13-5-9(10(16)6-12(13)20-3)11-7-18-14(17)15(19-11)21-4/h5-8H,16H2,1-4H3,(H2,17,18). The van der Waals surface area contributed by atoms with Crippen molar-refractivity contribution in [2.45, 2.75) is 20.0 Å². The smallest absolute Gasteiger partial charge is 0.257 e. The van der Waals surface area contributed by atoms with Gasteiger partial charge in [0.25, 0.3) is 5.88 Å². The number of hydrogen-bond donors (Lipinski definition) is 2. The molecule has 2 rings (SSSR count). The number of methoxy groups -OCH3 is 2. The number of benzene rings is 1. The van der Waals surface area contributed by atoms with Crippen molar-refractivity contribution in [3.63, 3.8) is 0 Å². The zero-order valence-electron chi connectivity index (χ0n) is 13.1. The first-order valence-corrected chi connectivity index (χ1v) is 6.77. The summed E-state index contributed by atoms with van der Waals surface area (Å²) in [5.74, 6) is 1.61. The predicted molar refractivity (Wildman–Crippen MR) is 85.2 cm³/mol. The van der Waals surface area contributed by atoms with Crippen LogP contribution in [0.15, 0.2) is 18.3 Å². The Balaban J connectivity index is 2.55. The SMILES string of the molecule is COc1cc(N)c(-c2cnc(N)c(OC)n2)cc1OC(C)C. The molecule has 0 amide bonds. The third kappa shape index (κ3) is 3.13. The monoisotopic (exact) mass is 304 g/mol. The Morgan fingerprint density at radius 3 is 2.36 bits per heavy atom. The summed E-state index contributed by atoms with van der Waals surface area (Å²) in [7, 11) is 3.04. The van der Waals surface area contributed by atoms with Crippen LogP contribution < -0.4 is 25.7 Å². The molecule has 0 fully saturated rings. The van der Waals surface area contributed by atoms with Crippen LogP contribution in [0.25, 0.3) is 11.3 Å². The maximum atomic E-state index is 6.08. The van der Waals surface area contributed by atoms with Crippen LogP contribution in [0, 0.1) is 0 Å². The van der Waals surface area contributed by atoms with E-state index in [1.165, 1.54) is 13.3 Å². The molecule has 22 heavy (non-hydrogen) atoms. The van der Waals surface area contributed by atoms with Crippen LogP contribution in [0.3, 0.4) is 0 Å². The first kappa shape index (κ1) is 15.7. The maximum absolute atomic E-state index is 6.08. The summed E-state index contributed by atoms with van der Waals surface area (Å²) in [5, 5.41) is 0.